The Bertz CT molecular complexity index is 1510. The zero-order chi connectivity index (χ0) is 27.2. The first-order valence-electron chi connectivity index (χ1n) is 12.3. The number of H-pyrrole nitrogens is 1. The molecule has 5 rings (SSSR count). The lowest BCUT2D eigenvalue weighted by molar-refractivity contribution is 0.0222. The van der Waals surface area contributed by atoms with E-state index in [1.165, 1.54) is 4.31 Å². The van der Waals surface area contributed by atoms with E-state index in [9.17, 15) is 18.0 Å². The Kier molecular flexibility index (Phi) is 6.82. The van der Waals surface area contributed by atoms with Gasteiger partial charge in [-0.3, -0.25) is 4.79 Å². The molecule has 4 heterocycles. The predicted molar refractivity (Wildman–Crippen MR) is 140 cm³/mol. The molecule has 1 saturated heterocycles. The molecule has 1 aromatic carbocycles. The highest BCUT2D eigenvalue weighted by Crippen LogP contribution is 2.25. The monoisotopic (exact) mass is 560 g/mol. The summed E-state index contributed by atoms with van der Waals surface area (Å²) in [4.78, 5) is 40.4. The predicted octanol–water partition coefficient (Wildman–Crippen LogP) is 3.05. The summed E-state index contributed by atoms with van der Waals surface area (Å²) in [7, 11) is -3.76. The van der Waals surface area contributed by atoms with Crippen LogP contribution in [0.3, 0.4) is 0 Å². The van der Waals surface area contributed by atoms with Gasteiger partial charge in [0.2, 0.25) is 5.82 Å². The minimum absolute atomic E-state index is 0.0678. The molecule has 0 aliphatic carbocycles. The van der Waals surface area contributed by atoms with Crippen molar-refractivity contribution in [3.05, 3.63) is 52.6 Å². The van der Waals surface area contributed by atoms with Crippen LogP contribution in [-0.4, -0.2) is 87.8 Å². The maximum Gasteiger partial charge on any atom is 0.410 e. The van der Waals surface area contributed by atoms with E-state index in [-0.39, 0.29) is 42.9 Å². The normalized spacial score (nSPS) is 16.9. The molecule has 1 N–H and O–H groups in total. The zero-order valence-electron chi connectivity index (χ0n) is 21.4. The minimum atomic E-state index is -3.76. The number of piperazine rings is 1. The van der Waals surface area contributed by atoms with Crippen molar-refractivity contribution in [1.82, 2.24) is 29.1 Å². The quantitative estimate of drug-likeness (QED) is 0.521. The summed E-state index contributed by atoms with van der Waals surface area (Å²) in [5.41, 5.74) is 1.59. The average Bonchev–Trinajstić information content (AvgIpc) is 3.31. The zero-order valence-corrected chi connectivity index (χ0v) is 23.0. The van der Waals surface area contributed by atoms with Gasteiger partial charge < -0.3 is 19.5 Å². The molecule has 2 amide bonds. The number of nitrogens with zero attached hydrogens (tertiary/aromatic N) is 5. The number of hydrogen-bond donors (Lipinski definition) is 1. The highest BCUT2D eigenvalue weighted by atomic mass is 35.5. The topological polar surface area (TPSA) is 129 Å². The maximum atomic E-state index is 13.2. The van der Waals surface area contributed by atoms with Crippen molar-refractivity contribution in [3.63, 3.8) is 0 Å². The van der Waals surface area contributed by atoms with Gasteiger partial charge in [0.25, 0.3) is 15.9 Å². The lowest BCUT2D eigenvalue weighted by Crippen LogP contribution is -2.50. The number of amides is 2. The summed E-state index contributed by atoms with van der Waals surface area (Å²) in [5, 5.41) is 1.33. The molecule has 1 fully saturated rings. The van der Waals surface area contributed by atoms with Gasteiger partial charge in [-0.1, -0.05) is 11.6 Å². The number of ether oxygens (including phenoxy) is 1. The van der Waals surface area contributed by atoms with Crippen LogP contribution < -0.4 is 0 Å². The van der Waals surface area contributed by atoms with Gasteiger partial charge in [0.15, 0.2) is 0 Å². The third kappa shape index (κ3) is 5.33. The molecule has 0 atom stereocenters. The van der Waals surface area contributed by atoms with Crippen molar-refractivity contribution < 1.29 is 22.7 Å². The van der Waals surface area contributed by atoms with Crippen molar-refractivity contribution in [3.8, 4) is 0 Å². The fourth-order valence-electron chi connectivity index (χ4n) is 4.53. The average molecular weight is 561 g/mol. The third-order valence-corrected chi connectivity index (χ3v) is 8.53. The largest absolute Gasteiger partial charge is 0.444 e. The molecule has 0 unspecified atom stereocenters. The van der Waals surface area contributed by atoms with Crippen LogP contribution in [0, 0.1) is 0 Å². The Morgan fingerprint density at radius 1 is 1.05 bits per heavy atom. The minimum Gasteiger partial charge on any atom is -0.444 e. The summed E-state index contributed by atoms with van der Waals surface area (Å²) >= 11 is 6.02. The van der Waals surface area contributed by atoms with Crippen LogP contribution in [-0.2, 0) is 27.7 Å². The molecule has 0 bridgehead atoms. The number of carbonyl (C=O) groups is 2. The van der Waals surface area contributed by atoms with Crippen LogP contribution in [0.25, 0.3) is 10.9 Å². The SMILES string of the molecule is CC(C)(C)OC(=O)N1CCc2nc(C(=O)N3CCN(S(=O)(=O)c4cc5cc(Cl)ccc5[nH]4)CC3)ncc2C1. The van der Waals surface area contributed by atoms with E-state index in [1.807, 2.05) is 20.8 Å². The third-order valence-electron chi connectivity index (χ3n) is 6.48. The van der Waals surface area contributed by atoms with Gasteiger partial charge >= 0.3 is 6.09 Å². The van der Waals surface area contributed by atoms with E-state index in [0.717, 1.165) is 11.3 Å². The van der Waals surface area contributed by atoms with E-state index in [0.29, 0.717) is 35.4 Å². The lowest BCUT2D eigenvalue weighted by atomic mass is 10.1. The summed E-state index contributed by atoms with van der Waals surface area (Å²) in [6.45, 7) is 6.94. The number of sulfonamides is 1. The van der Waals surface area contributed by atoms with E-state index in [4.69, 9.17) is 16.3 Å². The maximum absolute atomic E-state index is 13.2. The molecule has 202 valence electrons. The van der Waals surface area contributed by atoms with Crippen LogP contribution in [0.2, 0.25) is 5.02 Å². The summed E-state index contributed by atoms with van der Waals surface area (Å²) in [6, 6.07) is 6.71. The molecule has 0 saturated carbocycles. The van der Waals surface area contributed by atoms with Gasteiger partial charge in [-0.2, -0.15) is 4.31 Å². The molecule has 11 nitrogen and oxygen atoms in total. The molecule has 2 aromatic heterocycles. The number of nitrogens with one attached hydrogen (secondary N) is 1. The molecule has 13 heteroatoms. The number of aromatic nitrogens is 3. The molecule has 0 radical (unpaired) electrons. The van der Waals surface area contributed by atoms with Gasteiger partial charge in [0.1, 0.15) is 10.6 Å². The highest BCUT2D eigenvalue weighted by molar-refractivity contribution is 7.89. The van der Waals surface area contributed by atoms with Gasteiger partial charge in [0.05, 0.1) is 12.2 Å². The second-order valence-corrected chi connectivity index (χ2v) is 12.7. The molecule has 2 aliphatic heterocycles. The molecule has 38 heavy (non-hydrogen) atoms. The first kappa shape index (κ1) is 26.4. The number of rotatable bonds is 3. The Hall–Kier alpha value is -3.22. The van der Waals surface area contributed by atoms with Gasteiger partial charge in [-0.05, 0) is 45.0 Å². The van der Waals surface area contributed by atoms with Crippen molar-refractivity contribution in [2.75, 3.05) is 32.7 Å². The molecular formula is C25H29ClN6O5S. The lowest BCUT2D eigenvalue weighted by Gasteiger charge is -2.33. The van der Waals surface area contributed by atoms with E-state index in [1.54, 1.807) is 40.3 Å². The molecule has 0 spiro atoms. The van der Waals surface area contributed by atoms with Crippen molar-refractivity contribution in [2.24, 2.45) is 0 Å². The first-order chi connectivity index (χ1) is 17.9. The summed E-state index contributed by atoms with van der Waals surface area (Å²) < 4.78 is 33.2. The first-order valence-corrected chi connectivity index (χ1v) is 14.1. The second kappa shape index (κ2) is 9.83. The Morgan fingerprint density at radius 3 is 2.50 bits per heavy atom. The van der Waals surface area contributed by atoms with Crippen LogP contribution >= 0.6 is 11.6 Å². The number of aromatic amines is 1. The summed E-state index contributed by atoms with van der Waals surface area (Å²) in [5.74, 6) is -0.280. The number of carbonyl (C=O) groups excluding carboxylic acids is 2. The standard InChI is InChI=1S/C25H29ClN6O5S/c1-25(2,3)37-24(34)31-7-6-20-17(15-31)14-27-22(29-20)23(33)30-8-10-32(11-9-30)38(35,36)21-13-16-12-18(26)4-5-19(16)28-21/h4-5,12-14,28H,6-11,15H2,1-3H3. The molecule has 2 aliphatic rings. The van der Waals surface area contributed by atoms with Crippen molar-refractivity contribution in [1.29, 1.82) is 0 Å². The van der Waals surface area contributed by atoms with E-state index < -0.39 is 21.7 Å². The van der Waals surface area contributed by atoms with Crippen molar-refractivity contribution in [2.45, 2.75) is 44.4 Å². The van der Waals surface area contributed by atoms with Crippen LogP contribution in [0.15, 0.2) is 35.5 Å². The highest BCUT2D eigenvalue weighted by Gasteiger charge is 2.33. The van der Waals surface area contributed by atoms with Crippen LogP contribution in [0.1, 0.15) is 42.6 Å². The van der Waals surface area contributed by atoms with E-state index in [2.05, 4.69) is 15.0 Å². The van der Waals surface area contributed by atoms with Crippen molar-refractivity contribution >= 4 is 44.5 Å². The number of halogens is 1. The second-order valence-electron chi connectivity index (χ2n) is 10.4. The van der Waals surface area contributed by atoms with Gasteiger partial charge in [-0.15, -0.1) is 0 Å². The summed E-state index contributed by atoms with van der Waals surface area (Å²) in [6.07, 6.45) is 1.67. The van der Waals surface area contributed by atoms with Crippen LogP contribution in [0.4, 0.5) is 4.79 Å². The van der Waals surface area contributed by atoms with E-state index >= 15 is 0 Å². The molecule has 3 aromatic rings. The smallest absolute Gasteiger partial charge is 0.410 e. The number of hydrogen-bond acceptors (Lipinski definition) is 7. The van der Waals surface area contributed by atoms with Crippen LogP contribution in [0.5, 0.6) is 0 Å². The fourth-order valence-corrected chi connectivity index (χ4v) is 6.15. The Labute approximate surface area is 225 Å². The molecular weight excluding hydrogens is 532 g/mol. The number of benzene rings is 1. The Morgan fingerprint density at radius 2 is 1.79 bits per heavy atom. The fraction of sp³-hybridized carbons (Fsp3) is 0.440. The van der Waals surface area contributed by atoms with Gasteiger partial charge in [0, 0.05) is 66.8 Å². The van der Waals surface area contributed by atoms with Gasteiger partial charge in [-0.25, -0.2) is 23.2 Å². The number of fused-ring (bicyclic) bond motifs is 2. The Balaban J connectivity index is 1.22.